The second kappa shape index (κ2) is 6.79. The maximum atomic E-state index is 15.3. The van der Waals surface area contributed by atoms with Crippen molar-refractivity contribution in [2.45, 2.75) is 37.6 Å². The molecule has 2 aromatic rings. The van der Waals surface area contributed by atoms with E-state index in [1.807, 2.05) is 30.3 Å². The molecule has 5 atom stereocenters. The summed E-state index contributed by atoms with van der Waals surface area (Å²) in [6, 6.07) is 8.38. The number of aromatic nitrogens is 2. The molecule has 1 N–H and O–H groups in total. The van der Waals surface area contributed by atoms with E-state index in [0.717, 1.165) is 5.56 Å². The first kappa shape index (κ1) is 17.1. The van der Waals surface area contributed by atoms with Crippen molar-refractivity contribution in [2.24, 2.45) is 0 Å². The molecule has 0 spiro atoms. The van der Waals surface area contributed by atoms with Crippen molar-refractivity contribution in [3.63, 3.8) is 0 Å². The molecule has 3 heterocycles. The molecule has 0 saturated carbocycles. The number of aryl methyl sites for hydroxylation is 1. The van der Waals surface area contributed by atoms with Gasteiger partial charge in [0, 0.05) is 17.3 Å². The van der Waals surface area contributed by atoms with Gasteiger partial charge < -0.3 is 14.2 Å². The van der Waals surface area contributed by atoms with Gasteiger partial charge in [0.15, 0.2) is 12.5 Å². The van der Waals surface area contributed by atoms with Crippen LogP contribution in [0.3, 0.4) is 0 Å². The third-order valence-corrected chi connectivity index (χ3v) is 4.80. The highest BCUT2D eigenvalue weighted by atomic mass is 19.1. The van der Waals surface area contributed by atoms with E-state index < -0.39 is 42.0 Å². The molecule has 2 saturated heterocycles. The van der Waals surface area contributed by atoms with Crippen LogP contribution in [-0.2, 0) is 14.2 Å². The van der Waals surface area contributed by atoms with Gasteiger partial charge in [-0.1, -0.05) is 30.3 Å². The zero-order valence-electron chi connectivity index (χ0n) is 14.1. The Bertz CT molecular complexity index is 896. The molecule has 0 amide bonds. The molecule has 5 unspecified atom stereocenters. The van der Waals surface area contributed by atoms with E-state index in [1.165, 1.54) is 10.8 Å². The molecule has 7 nitrogen and oxygen atoms in total. The summed E-state index contributed by atoms with van der Waals surface area (Å²) in [5, 5.41) is 0. The van der Waals surface area contributed by atoms with Gasteiger partial charge in [-0.2, -0.15) is 0 Å². The fourth-order valence-corrected chi connectivity index (χ4v) is 3.35. The lowest BCUT2D eigenvalue weighted by atomic mass is 9.98. The lowest BCUT2D eigenvalue weighted by molar-refractivity contribution is -0.298. The van der Waals surface area contributed by atoms with E-state index in [2.05, 4.69) is 4.98 Å². The summed E-state index contributed by atoms with van der Waals surface area (Å²) in [5.41, 5.74) is -0.0315. The van der Waals surface area contributed by atoms with E-state index in [0.29, 0.717) is 5.56 Å². The van der Waals surface area contributed by atoms with E-state index >= 15 is 4.39 Å². The first-order valence-electron chi connectivity index (χ1n) is 8.44. The van der Waals surface area contributed by atoms with Gasteiger partial charge in [0.2, 0.25) is 0 Å². The minimum atomic E-state index is -1.48. The fourth-order valence-electron chi connectivity index (χ4n) is 3.35. The Balaban J connectivity index is 1.60. The van der Waals surface area contributed by atoms with Crippen molar-refractivity contribution in [1.29, 1.82) is 0 Å². The Morgan fingerprint density at radius 1 is 1.15 bits per heavy atom. The van der Waals surface area contributed by atoms with Crippen LogP contribution in [0.4, 0.5) is 4.39 Å². The summed E-state index contributed by atoms with van der Waals surface area (Å²) in [5.74, 6) is 0. The predicted octanol–water partition coefficient (Wildman–Crippen LogP) is 1.24. The zero-order chi connectivity index (χ0) is 18.3. The molecule has 0 radical (unpaired) electrons. The molecule has 0 bridgehead atoms. The number of ether oxygens (including phenoxy) is 3. The number of alkyl halides is 1. The van der Waals surface area contributed by atoms with E-state index in [-0.39, 0.29) is 13.2 Å². The normalized spacial score (nSPS) is 31.4. The van der Waals surface area contributed by atoms with Crippen molar-refractivity contribution in [3.05, 3.63) is 68.5 Å². The second-order valence-corrected chi connectivity index (χ2v) is 6.54. The van der Waals surface area contributed by atoms with Gasteiger partial charge in [-0.05, 0) is 6.92 Å². The summed E-state index contributed by atoms with van der Waals surface area (Å²) >= 11 is 0. The maximum absolute atomic E-state index is 15.3. The minimum Gasteiger partial charge on any atom is -0.371 e. The largest absolute Gasteiger partial charge is 0.371 e. The maximum Gasteiger partial charge on any atom is 0.328 e. The molecule has 1 aromatic heterocycles. The van der Waals surface area contributed by atoms with Crippen molar-refractivity contribution in [1.82, 2.24) is 9.55 Å². The number of halogens is 1. The topological polar surface area (TPSA) is 82.6 Å². The van der Waals surface area contributed by atoms with Gasteiger partial charge in [0.25, 0.3) is 5.56 Å². The van der Waals surface area contributed by atoms with Gasteiger partial charge in [-0.3, -0.25) is 14.3 Å². The smallest absolute Gasteiger partial charge is 0.328 e. The van der Waals surface area contributed by atoms with Crippen LogP contribution in [0, 0.1) is 6.92 Å². The van der Waals surface area contributed by atoms with Gasteiger partial charge in [0.1, 0.15) is 12.2 Å². The third kappa shape index (κ3) is 3.00. The Morgan fingerprint density at radius 3 is 2.69 bits per heavy atom. The quantitative estimate of drug-likeness (QED) is 0.869. The van der Waals surface area contributed by atoms with Gasteiger partial charge in [-0.15, -0.1) is 0 Å². The van der Waals surface area contributed by atoms with Crippen LogP contribution in [0.25, 0.3) is 0 Å². The van der Waals surface area contributed by atoms with Crippen LogP contribution in [0.1, 0.15) is 23.5 Å². The summed E-state index contributed by atoms with van der Waals surface area (Å²) in [4.78, 5) is 25.8. The summed E-state index contributed by atoms with van der Waals surface area (Å²) < 4.78 is 33.6. The lowest BCUT2D eigenvalue weighted by Crippen LogP contribution is -2.56. The molecule has 4 rings (SSSR count). The van der Waals surface area contributed by atoms with Crippen LogP contribution in [0.2, 0.25) is 0 Å². The minimum absolute atomic E-state index is 0.00352. The van der Waals surface area contributed by atoms with Crippen LogP contribution in [0.5, 0.6) is 0 Å². The molecule has 2 aliphatic rings. The Hall–Kier alpha value is -2.29. The summed E-state index contributed by atoms with van der Waals surface area (Å²) in [6.07, 6.45) is -2.22. The Kier molecular flexibility index (Phi) is 4.47. The van der Waals surface area contributed by atoms with Gasteiger partial charge >= 0.3 is 5.69 Å². The Morgan fingerprint density at radius 2 is 1.92 bits per heavy atom. The lowest BCUT2D eigenvalue weighted by Gasteiger charge is -2.44. The number of hydrogen-bond acceptors (Lipinski definition) is 5. The van der Waals surface area contributed by atoms with Crippen molar-refractivity contribution in [2.75, 3.05) is 13.2 Å². The molecule has 8 heteroatoms. The summed E-state index contributed by atoms with van der Waals surface area (Å²) in [7, 11) is 0. The van der Waals surface area contributed by atoms with Gasteiger partial charge in [-0.25, -0.2) is 9.18 Å². The van der Waals surface area contributed by atoms with E-state index in [1.54, 1.807) is 6.92 Å². The van der Waals surface area contributed by atoms with Crippen molar-refractivity contribution >= 4 is 0 Å². The number of rotatable bonds is 2. The number of nitrogens with zero attached hydrogens (tertiary/aromatic N) is 1. The first-order chi connectivity index (χ1) is 12.5. The first-order valence-corrected chi connectivity index (χ1v) is 8.44. The van der Waals surface area contributed by atoms with Crippen LogP contribution >= 0.6 is 0 Å². The third-order valence-electron chi connectivity index (χ3n) is 4.80. The van der Waals surface area contributed by atoms with E-state index in [4.69, 9.17) is 14.2 Å². The van der Waals surface area contributed by atoms with Gasteiger partial charge in [0.05, 0.1) is 19.3 Å². The molecular weight excluding hydrogens is 343 g/mol. The highest BCUT2D eigenvalue weighted by molar-refractivity contribution is 5.16. The molecule has 2 fully saturated rings. The predicted molar refractivity (Wildman–Crippen MR) is 89.7 cm³/mol. The van der Waals surface area contributed by atoms with E-state index in [9.17, 15) is 9.59 Å². The van der Waals surface area contributed by atoms with Crippen LogP contribution in [-0.4, -0.2) is 41.1 Å². The number of hydrogen-bond donors (Lipinski definition) is 1. The zero-order valence-corrected chi connectivity index (χ0v) is 14.1. The molecule has 2 aliphatic heterocycles. The van der Waals surface area contributed by atoms with Crippen molar-refractivity contribution < 1.29 is 18.6 Å². The number of fused-ring (bicyclic) bond motifs is 1. The molecule has 26 heavy (non-hydrogen) atoms. The second-order valence-electron chi connectivity index (χ2n) is 6.54. The van der Waals surface area contributed by atoms with Crippen LogP contribution in [0.15, 0.2) is 46.1 Å². The highest BCUT2D eigenvalue weighted by Crippen LogP contribution is 2.36. The number of H-pyrrole nitrogens is 1. The number of aromatic amines is 1. The summed E-state index contributed by atoms with van der Waals surface area (Å²) in [6.45, 7) is 1.76. The molecule has 1 aromatic carbocycles. The molecule has 138 valence electrons. The van der Waals surface area contributed by atoms with Crippen molar-refractivity contribution in [3.8, 4) is 0 Å². The molecular formula is C18H19FN2O5. The standard InChI is InChI=1S/C18H19FN2O5/c1-10-7-21(18(23)20-16(10)22)12-8-24-13-9-25-17(26-15(13)14(12)19)11-5-3-2-4-6-11/h2-7,12-15,17H,8-9H2,1H3,(H,20,22,23). The molecule has 0 aliphatic carbocycles. The monoisotopic (exact) mass is 362 g/mol. The Labute approximate surface area is 148 Å². The number of benzene rings is 1. The SMILES string of the molecule is Cc1cn(C2COC3COC(c4ccccc4)OC3C2F)c(=O)[nH]c1=O. The fraction of sp³-hybridized carbons (Fsp3) is 0.444. The average Bonchev–Trinajstić information content (AvgIpc) is 2.66. The van der Waals surface area contributed by atoms with Crippen LogP contribution < -0.4 is 11.2 Å². The average molecular weight is 362 g/mol. The highest BCUT2D eigenvalue weighted by Gasteiger charge is 2.47. The number of nitrogens with one attached hydrogen (secondary N) is 1.